The minimum absolute atomic E-state index is 0.219. The summed E-state index contributed by atoms with van der Waals surface area (Å²) in [6.45, 7) is 9.35. The molecule has 0 radical (unpaired) electrons. The van der Waals surface area contributed by atoms with Gasteiger partial charge in [0.05, 0.1) is 0 Å². The molecule has 1 amide bonds. The van der Waals surface area contributed by atoms with Gasteiger partial charge >= 0.3 is 6.09 Å². The first-order valence-corrected chi connectivity index (χ1v) is 7.20. The number of amides is 1. The summed E-state index contributed by atoms with van der Waals surface area (Å²) in [5, 5.41) is 5.93. The molecule has 0 aliphatic rings. The maximum absolute atomic E-state index is 13.1. The Hall–Kier alpha value is -1.62. The normalized spacial score (nSPS) is 11.3. The van der Waals surface area contributed by atoms with Gasteiger partial charge in [0.25, 0.3) is 0 Å². The van der Waals surface area contributed by atoms with E-state index in [9.17, 15) is 9.18 Å². The predicted octanol–water partition coefficient (Wildman–Crippen LogP) is 3.14. The van der Waals surface area contributed by atoms with Crippen LogP contribution in [-0.2, 0) is 11.3 Å². The molecule has 21 heavy (non-hydrogen) atoms. The molecule has 0 aliphatic heterocycles. The number of nitrogens with one attached hydrogen (secondary N) is 2. The summed E-state index contributed by atoms with van der Waals surface area (Å²) < 4.78 is 18.2. The van der Waals surface area contributed by atoms with Crippen LogP contribution in [0.2, 0.25) is 0 Å². The fourth-order valence-electron chi connectivity index (χ4n) is 1.77. The molecular formula is C16H25FN2O2. The van der Waals surface area contributed by atoms with Crippen LogP contribution in [0.15, 0.2) is 18.2 Å². The molecule has 4 nitrogen and oxygen atoms in total. The first-order chi connectivity index (χ1) is 9.78. The Bertz CT molecular complexity index is 470. The molecule has 1 rings (SSSR count). The number of aryl methyl sites for hydroxylation is 1. The van der Waals surface area contributed by atoms with Gasteiger partial charge < -0.3 is 15.4 Å². The van der Waals surface area contributed by atoms with Crippen LogP contribution in [0.5, 0.6) is 0 Å². The van der Waals surface area contributed by atoms with Crippen molar-refractivity contribution in [3.05, 3.63) is 35.1 Å². The highest BCUT2D eigenvalue weighted by Gasteiger charge is 2.15. The highest BCUT2D eigenvalue weighted by atomic mass is 19.1. The van der Waals surface area contributed by atoms with Crippen molar-refractivity contribution in [1.29, 1.82) is 0 Å². The van der Waals surface area contributed by atoms with Gasteiger partial charge in [-0.25, -0.2) is 9.18 Å². The highest BCUT2D eigenvalue weighted by molar-refractivity contribution is 5.67. The molecule has 0 heterocycles. The van der Waals surface area contributed by atoms with E-state index >= 15 is 0 Å². The Labute approximate surface area is 126 Å². The number of alkyl carbamates (subject to hydrolysis) is 1. The minimum Gasteiger partial charge on any atom is -0.444 e. The van der Waals surface area contributed by atoms with Crippen molar-refractivity contribution >= 4 is 6.09 Å². The lowest BCUT2D eigenvalue weighted by Gasteiger charge is -2.19. The van der Waals surface area contributed by atoms with Crippen molar-refractivity contribution in [2.24, 2.45) is 0 Å². The van der Waals surface area contributed by atoms with Gasteiger partial charge in [-0.3, -0.25) is 0 Å². The fourth-order valence-corrected chi connectivity index (χ4v) is 1.77. The Morgan fingerprint density at radius 3 is 2.67 bits per heavy atom. The van der Waals surface area contributed by atoms with Crippen LogP contribution < -0.4 is 10.6 Å². The number of carbonyl (C=O) groups is 1. The third-order valence-corrected chi connectivity index (χ3v) is 2.83. The average Bonchev–Trinajstić information content (AvgIpc) is 2.35. The van der Waals surface area contributed by atoms with E-state index in [0.717, 1.165) is 24.1 Å². The van der Waals surface area contributed by atoms with Crippen molar-refractivity contribution in [2.45, 2.75) is 46.3 Å². The predicted molar refractivity (Wildman–Crippen MR) is 81.7 cm³/mol. The molecule has 0 saturated heterocycles. The molecule has 0 aliphatic carbocycles. The SMILES string of the molecule is Cc1ccc(F)cc1CNCCCNC(=O)OC(C)(C)C. The van der Waals surface area contributed by atoms with E-state index in [-0.39, 0.29) is 5.82 Å². The largest absolute Gasteiger partial charge is 0.444 e. The van der Waals surface area contributed by atoms with E-state index in [4.69, 9.17) is 4.74 Å². The number of halogens is 1. The second kappa shape index (κ2) is 7.98. The van der Waals surface area contributed by atoms with Gasteiger partial charge in [0, 0.05) is 13.1 Å². The van der Waals surface area contributed by atoms with Gasteiger partial charge in [-0.15, -0.1) is 0 Å². The maximum Gasteiger partial charge on any atom is 0.407 e. The van der Waals surface area contributed by atoms with Gasteiger partial charge in [-0.1, -0.05) is 6.07 Å². The van der Waals surface area contributed by atoms with E-state index in [0.29, 0.717) is 13.1 Å². The van der Waals surface area contributed by atoms with Gasteiger partial charge in [0.2, 0.25) is 0 Å². The van der Waals surface area contributed by atoms with Crippen LogP contribution in [-0.4, -0.2) is 24.8 Å². The molecule has 0 spiro atoms. The van der Waals surface area contributed by atoms with Crippen molar-refractivity contribution in [2.75, 3.05) is 13.1 Å². The summed E-state index contributed by atoms with van der Waals surface area (Å²) in [7, 11) is 0. The van der Waals surface area contributed by atoms with Crippen LogP contribution >= 0.6 is 0 Å². The number of benzene rings is 1. The fraction of sp³-hybridized carbons (Fsp3) is 0.562. The molecular weight excluding hydrogens is 271 g/mol. The van der Waals surface area contributed by atoms with Gasteiger partial charge in [-0.2, -0.15) is 0 Å². The lowest BCUT2D eigenvalue weighted by molar-refractivity contribution is 0.0527. The molecule has 118 valence electrons. The lowest BCUT2D eigenvalue weighted by Crippen LogP contribution is -2.33. The molecule has 0 saturated carbocycles. The minimum atomic E-state index is -0.475. The third-order valence-electron chi connectivity index (χ3n) is 2.83. The Kier molecular flexibility index (Phi) is 6.62. The smallest absolute Gasteiger partial charge is 0.407 e. The molecule has 0 atom stereocenters. The molecule has 0 aromatic heterocycles. The van der Waals surface area contributed by atoms with Gasteiger partial charge in [0.15, 0.2) is 0 Å². The molecule has 0 unspecified atom stereocenters. The molecule has 0 bridgehead atoms. The standard InChI is InChI=1S/C16H25FN2O2/c1-12-6-7-14(17)10-13(12)11-18-8-5-9-19-15(20)21-16(2,3)4/h6-7,10,18H,5,8-9,11H2,1-4H3,(H,19,20). The monoisotopic (exact) mass is 296 g/mol. The zero-order valence-electron chi connectivity index (χ0n) is 13.3. The Morgan fingerprint density at radius 2 is 2.00 bits per heavy atom. The van der Waals surface area contributed by atoms with Crippen molar-refractivity contribution in [1.82, 2.24) is 10.6 Å². The van der Waals surface area contributed by atoms with E-state index in [1.54, 1.807) is 12.1 Å². The first-order valence-electron chi connectivity index (χ1n) is 7.20. The molecule has 1 aromatic rings. The van der Waals surface area contributed by atoms with Crippen molar-refractivity contribution < 1.29 is 13.9 Å². The molecule has 1 aromatic carbocycles. The average molecular weight is 296 g/mol. The van der Waals surface area contributed by atoms with Crippen molar-refractivity contribution in [3.8, 4) is 0 Å². The van der Waals surface area contributed by atoms with E-state index in [1.165, 1.54) is 6.07 Å². The number of ether oxygens (including phenoxy) is 1. The van der Waals surface area contributed by atoms with Crippen molar-refractivity contribution in [3.63, 3.8) is 0 Å². The molecule has 2 N–H and O–H groups in total. The van der Waals surface area contributed by atoms with E-state index < -0.39 is 11.7 Å². The van der Waals surface area contributed by atoms with Gasteiger partial charge in [0.1, 0.15) is 11.4 Å². The highest BCUT2D eigenvalue weighted by Crippen LogP contribution is 2.09. The second-order valence-corrected chi connectivity index (χ2v) is 6.03. The molecule has 0 fully saturated rings. The number of carbonyl (C=O) groups excluding carboxylic acids is 1. The number of hydrogen-bond donors (Lipinski definition) is 2. The maximum atomic E-state index is 13.1. The van der Waals surface area contributed by atoms with E-state index in [2.05, 4.69) is 10.6 Å². The Morgan fingerprint density at radius 1 is 1.29 bits per heavy atom. The summed E-state index contributed by atoms with van der Waals surface area (Å²) in [6, 6.07) is 4.78. The summed E-state index contributed by atoms with van der Waals surface area (Å²) in [5.74, 6) is -0.219. The van der Waals surface area contributed by atoms with Gasteiger partial charge in [-0.05, 0) is 63.9 Å². The Balaban J connectivity index is 2.15. The quantitative estimate of drug-likeness (QED) is 0.793. The number of rotatable bonds is 6. The number of hydrogen-bond acceptors (Lipinski definition) is 3. The second-order valence-electron chi connectivity index (χ2n) is 6.03. The zero-order chi connectivity index (χ0) is 15.9. The molecule has 5 heteroatoms. The summed E-state index contributed by atoms with van der Waals surface area (Å²) in [4.78, 5) is 11.4. The van der Waals surface area contributed by atoms with E-state index in [1.807, 2.05) is 27.7 Å². The summed E-state index contributed by atoms with van der Waals surface area (Å²) >= 11 is 0. The van der Waals surface area contributed by atoms with Crippen LogP contribution in [0.1, 0.15) is 38.3 Å². The summed E-state index contributed by atoms with van der Waals surface area (Å²) in [5.41, 5.74) is 1.54. The third kappa shape index (κ3) is 7.66. The van der Waals surface area contributed by atoms with Crippen LogP contribution in [0.4, 0.5) is 9.18 Å². The van der Waals surface area contributed by atoms with Crippen LogP contribution in [0, 0.1) is 12.7 Å². The zero-order valence-corrected chi connectivity index (χ0v) is 13.3. The van der Waals surface area contributed by atoms with Crippen LogP contribution in [0.25, 0.3) is 0 Å². The topological polar surface area (TPSA) is 50.4 Å². The lowest BCUT2D eigenvalue weighted by atomic mass is 10.1. The summed E-state index contributed by atoms with van der Waals surface area (Å²) in [6.07, 6.45) is 0.386. The van der Waals surface area contributed by atoms with Crippen LogP contribution in [0.3, 0.4) is 0 Å². The first kappa shape index (κ1) is 17.4.